The van der Waals surface area contributed by atoms with Crippen molar-refractivity contribution < 1.29 is 4.79 Å². The number of rotatable bonds is 3. The first kappa shape index (κ1) is 20.6. The number of likely N-dealkylation sites (tertiary alicyclic amines) is 1. The van der Waals surface area contributed by atoms with Crippen molar-refractivity contribution in [2.75, 3.05) is 13.1 Å². The Hall–Kier alpha value is -2.66. The van der Waals surface area contributed by atoms with E-state index in [1.54, 1.807) is 6.07 Å². The number of aromatic nitrogens is 3. The zero-order chi connectivity index (χ0) is 21.3. The fourth-order valence-electron chi connectivity index (χ4n) is 3.75. The highest BCUT2D eigenvalue weighted by Gasteiger charge is 2.20. The van der Waals surface area contributed by atoms with Crippen LogP contribution in [0.1, 0.15) is 56.1 Å². The second kappa shape index (κ2) is 8.23. The first-order chi connectivity index (χ1) is 14.3. The number of carbonyl (C=O) groups excluding carboxylic acids is 1. The van der Waals surface area contributed by atoms with Gasteiger partial charge in [-0.1, -0.05) is 38.4 Å². The predicted octanol–water partition coefficient (Wildman–Crippen LogP) is 5.72. The molecule has 0 radical (unpaired) electrons. The lowest BCUT2D eigenvalue weighted by Gasteiger charge is -2.26. The van der Waals surface area contributed by atoms with Crippen LogP contribution in [0.15, 0.2) is 42.6 Å². The van der Waals surface area contributed by atoms with E-state index in [0.29, 0.717) is 10.6 Å². The molecule has 1 aliphatic rings. The van der Waals surface area contributed by atoms with Crippen LogP contribution in [0.5, 0.6) is 0 Å². The third kappa shape index (κ3) is 4.26. The number of nitrogens with zero attached hydrogens (tertiary/aromatic N) is 3. The van der Waals surface area contributed by atoms with Crippen LogP contribution in [0.25, 0.3) is 22.5 Å². The van der Waals surface area contributed by atoms with Gasteiger partial charge < -0.3 is 4.90 Å². The third-order valence-corrected chi connectivity index (χ3v) is 5.86. The van der Waals surface area contributed by atoms with E-state index >= 15 is 0 Å². The van der Waals surface area contributed by atoms with Crippen molar-refractivity contribution >= 4 is 17.5 Å². The van der Waals surface area contributed by atoms with Crippen LogP contribution < -0.4 is 0 Å². The molecule has 3 aromatic rings. The van der Waals surface area contributed by atoms with Crippen LogP contribution in [0.3, 0.4) is 0 Å². The second-order valence-corrected chi connectivity index (χ2v) is 9.30. The molecule has 3 heterocycles. The van der Waals surface area contributed by atoms with E-state index in [2.05, 4.69) is 42.0 Å². The van der Waals surface area contributed by atoms with Crippen molar-refractivity contribution in [3.05, 3.63) is 58.9 Å². The van der Waals surface area contributed by atoms with Crippen LogP contribution in [-0.2, 0) is 5.41 Å². The molecule has 30 heavy (non-hydrogen) atoms. The average Bonchev–Trinajstić information content (AvgIpc) is 3.23. The van der Waals surface area contributed by atoms with Gasteiger partial charge in [-0.25, -0.2) is 0 Å². The van der Waals surface area contributed by atoms with Gasteiger partial charge in [0.15, 0.2) is 0 Å². The molecule has 1 saturated heterocycles. The van der Waals surface area contributed by atoms with Crippen molar-refractivity contribution in [2.24, 2.45) is 0 Å². The smallest absolute Gasteiger partial charge is 0.253 e. The van der Waals surface area contributed by atoms with Gasteiger partial charge in [-0.3, -0.25) is 14.9 Å². The summed E-state index contributed by atoms with van der Waals surface area (Å²) in [5, 5.41) is 8.09. The fraction of sp³-hybridized carbons (Fsp3) is 0.375. The second-order valence-electron chi connectivity index (χ2n) is 8.89. The molecule has 0 atom stereocenters. The maximum atomic E-state index is 12.7. The summed E-state index contributed by atoms with van der Waals surface area (Å²) in [6.07, 6.45) is 5.15. The maximum absolute atomic E-state index is 12.7. The highest BCUT2D eigenvalue weighted by Crippen LogP contribution is 2.31. The molecule has 2 aromatic heterocycles. The molecule has 0 unspecified atom stereocenters. The molecule has 0 aliphatic carbocycles. The van der Waals surface area contributed by atoms with E-state index < -0.39 is 0 Å². The summed E-state index contributed by atoms with van der Waals surface area (Å²) in [7, 11) is 0. The molecule has 4 rings (SSSR count). The predicted molar refractivity (Wildman–Crippen MR) is 121 cm³/mol. The van der Waals surface area contributed by atoms with Crippen molar-refractivity contribution in [3.8, 4) is 22.5 Å². The SMILES string of the molecule is CC(C)(C)c1cc(-c2cc(-c3ccc(C(=O)N4CCCCC4)cc3Cl)[nH]n2)ccn1. The molecule has 1 amide bonds. The monoisotopic (exact) mass is 422 g/mol. The van der Waals surface area contributed by atoms with Gasteiger partial charge in [0.25, 0.3) is 5.91 Å². The summed E-state index contributed by atoms with van der Waals surface area (Å²) < 4.78 is 0. The van der Waals surface area contributed by atoms with E-state index in [1.165, 1.54) is 6.42 Å². The van der Waals surface area contributed by atoms with E-state index in [0.717, 1.165) is 54.1 Å². The number of amides is 1. The minimum Gasteiger partial charge on any atom is -0.339 e. The highest BCUT2D eigenvalue weighted by molar-refractivity contribution is 6.33. The molecule has 0 bridgehead atoms. The van der Waals surface area contributed by atoms with Gasteiger partial charge in [-0.05, 0) is 49.6 Å². The van der Waals surface area contributed by atoms with Gasteiger partial charge >= 0.3 is 0 Å². The Kier molecular flexibility index (Phi) is 5.65. The fourth-order valence-corrected chi connectivity index (χ4v) is 4.04. The Morgan fingerprint density at radius 3 is 2.53 bits per heavy atom. The summed E-state index contributed by atoms with van der Waals surface area (Å²) in [6.45, 7) is 8.07. The topological polar surface area (TPSA) is 61.9 Å². The number of hydrogen-bond donors (Lipinski definition) is 1. The van der Waals surface area contributed by atoms with Gasteiger partial charge in [-0.15, -0.1) is 0 Å². The zero-order valence-corrected chi connectivity index (χ0v) is 18.5. The van der Waals surface area contributed by atoms with Gasteiger partial charge in [0.05, 0.1) is 16.4 Å². The number of aromatic amines is 1. The number of H-pyrrole nitrogens is 1. The Bertz CT molecular complexity index is 1060. The molecule has 156 valence electrons. The van der Waals surface area contributed by atoms with Gasteiger partial charge in [-0.2, -0.15) is 5.10 Å². The lowest BCUT2D eigenvalue weighted by molar-refractivity contribution is 0.0724. The molecule has 6 heteroatoms. The van der Waals surface area contributed by atoms with Crippen LogP contribution in [0.4, 0.5) is 0 Å². The van der Waals surface area contributed by atoms with Gasteiger partial charge in [0, 0.05) is 47.1 Å². The van der Waals surface area contributed by atoms with E-state index in [4.69, 9.17) is 11.6 Å². The van der Waals surface area contributed by atoms with E-state index in [9.17, 15) is 4.79 Å². The molecular formula is C24H27ClN4O. The molecule has 1 aromatic carbocycles. The summed E-state index contributed by atoms with van der Waals surface area (Å²) in [5.74, 6) is 0.0555. The largest absolute Gasteiger partial charge is 0.339 e. The Balaban J connectivity index is 1.58. The summed E-state index contributed by atoms with van der Waals surface area (Å²) in [5.41, 5.74) is 5.11. The average molecular weight is 423 g/mol. The van der Waals surface area contributed by atoms with Crippen LogP contribution >= 0.6 is 11.6 Å². The molecule has 0 saturated carbocycles. The normalized spacial score (nSPS) is 14.7. The van der Waals surface area contributed by atoms with Crippen LogP contribution in [-0.4, -0.2) is 39.1 Å². The van der Waals surface area contributed by atoms with Crippen molar-refractivity contribution in [2.45, 2.75) is 45.4 Å². The molecular weight excluding hydrogens is 396 g/mol. The summed E-state index contributed by atoms with van der Waals surface area (Å²) in [6, 6.07) is 11.5. The third-order valence-electron chi connectivity index (χ3n) is 5.55. The van der Waals surface area contributed by atoms with Crippen molar-refractivity contribution in [1.82, 2.24) is 20.1 Å². The molecule has 1 fully saturated rings. The van der Waals surface area contributed by atoms with E-state index in [-0.39, 0.29) is 11.3 Å². The first-order valence-corrected chi connectivity index (χ1v) is 10.8. The lowest BCUT2D eigenvalue weighted by atomic mass is 9.90. The van der Waals surface area contributed by atoms with Crippen LogP contribution in [0.2, 0.25) is 5.02 Å². The molecule has 1 N–H and O–H groups in total. The number of piperidine rings is 1. The highest BCUT2D eigenvalue weighted by atomic mass is 35.5. The standard InChI is InChI=1S/C24H27ClN4O/c1-24(2,3)22-14-16(9-10-26-22)20-15-21(28-27-20)18-8-7-17(13-19(18)25)23(30)29-11-5-4-6-12-29/h7-10,13-15H,4-6,11-12H2,1-3H3,(H,27,28). The number of benzene rings is 1. The zero-order valence-electron chi connectivity index (χ0n) is 17.7. The van der Waals surface area contributed by atoms with Crippen LogP contribution in [0, 0.1) is 0 Å². The number of pyridine rings is 1. The van der Waals surface area contributed by atoms with E-state index in [1.807, 2.05) is 35.4 Å². The molecule has 0 spiro atoms. The molecule has 1 aliphatic heterocycles. The lowest BCUT2D eigenvalue weighted by Crippen LogP contribution is -2.35. The quantitative estimate of drug-likeness (QED) is 0.587. The first-order valence-electron chi connectivity index (χ1n) is 10.4. The number of halogens is 1. The van der Waals surface area contributed by atoms with Crippen molar-refractivity contribution in [3.63, 3.8) is 0 Å². The number of hydrogen-bond acceptors (Lipinski definition) is 3. The minimum atomic E-state index is -0.0326. The number of nitrogens with one attached hydrogen (secondary N) is 1. The summed E-state index contributed by atoms with van der Waals surface area (Å²) >= 11 is 6.56. The maximum Gasteiger partial charge on any atom is 0.253 e. The number of carbonyl (C=O) groups is 1. The Morgan fingerprint density at radius 2 is 1.83 bits per heavy atom. The minimum absolute atomic E-state index is 0.0326. The Labute approximate surface area is 182 Å². The van der Waals surface area contributed by atoms with Gasteiger partial charge in [0.2, 0.25) is 0 Å². The summed E-state index contributed by atoms with van der Waals surface area (Å²) in [4.78, 5) is 19.1. The molecule has 5 nitrogen and oxygen atoms in total. The van der Waals surface area contributed by atoms with Gasteiger partial charge in [0.1, 0.15) is 0 Å². The Morgan fingerprint density at radius 1 is 1.07 bits per heavy atom. The van der Waals surface area contributed by atoms with Crippen molar-refractivity contribution in [1.29, 1.82) is 0 Å².